The van der Waals surface area contributed by atoms with Gasteiger partial charge in [-0.05, 0) is 37.2 Å². The number of hydrogen-bond acceptors (Lipinski definition) is 1. The lowest BCUT2D eigenvalue weighted by molar-refractivity contribution is 0.0921. The minimum atomic E-state index is 0.381. The number of rotatable bonds is 2. The second-order valence-corrected chi connectivity index (χ2v) is 4.15. The van der Waals surface area contributed by atoms with Crippen molar-refractivity contribution in [2.45, 2.75) is 39.7 Å². The van der Waals surface area contributed by atoms with Crippen LogP contribution < -0.4 is 0 Å². The van der Waals surface area contributed by atoms with Gasteiger partial charge in [-0.2, -0.15) is 0 Å². The zero-order valence-corrected chi connectivity index (χ0v) is 8.63. The molecular weight excluding hydrogens is 148 g/mol. The Morgan fingerprint density at radius 1 is 1.50 bits per heavy atom. The van der Waals surface area contributed by atoms with Gasteiger partial charge in [0.1, 0.15) is 0 Å². The third-order valence-corrected chi connectivity index (χ3v) is 2.99. The van der Waals surface area contributed by atoms with Crippen LogP contribution in [0.5, 0.6) is 0 Å². The van der Waals surface area contributed by atoms with Crippen LogP contribution >= 0.6 is 0 Å². The molecule has 0 spiro atoms. The molecule has 0 aromatic heterocycles. The summed E-state index contributed by atoms with van der Waals surface area (Å²) in [5, 5.41) is 0. The SMILES string of the molecule is COC1CC(C(C)C)CC=C1C. The Balaban J connectivity index is 2.58. The molecule has 0 N–H and O–H groups in total. The predicted octanol–water partition coefficient (Wildman–Crippen LogP) is 3.01. The smallest absolute Gasteiger partial charge is 0.0781 e. The molecule has 1 aliphatic carbocycles. The Morgan fingerprint density at radius 2 is 2.17 bits per heavy atom. The summed E-state index contributed by atoms with van der Waals surface area (Å²) < 4.78 is 5.42. The Hall–Kier alpha value is -0.300. The van der Waals surface area contributed by atoms with Gasteiger partial charge < -0.3 is 4.74 Å². The minimum Gasteiger partial charge on any atom is -0.377 e. The van der Waals surface area contributed by atoms with Crippen LogP contribution in [0.25, 0.3) is 0 Å². The number of allylic oxidation sites excluding steroid dienone is 1. The van der Waals surface area contributed by atoms with E-state index in [9.17, 15) is 0 Å². The van der Waals surface area contributed by atoms with Crippen LogP contribution in [0, 0.1) is 11.8 Å². The van der Waals surface area contributed by atoms with Gasteiger partial charge in [-0.25, -0.2) is 0 Å². The number of ether oxygens (including phenoxy) is 1. The van der Waals surface area contributed by atoms with Crippen molar-refractivity contribution >= 4 is 0 Å². The average Bonchev–Trinajstić information content (AvgIpc) is 2.05. The summed E-state index contributed by atoms with van der Waals surface area (Å²) in [5.74, 6) is 1.60. The fourth-order valence-electron chi connectivity index (χ4n) is 1.85. The molecule has 0 aliphatic heterocycles. The van der Waals surface area contributed by atoms with E-state index in [0.29, 0.717) is 6.10 Å². The predicted molar refractivity (Wildman–Crippen MR) is 52.1 cm³/mol. The maximum atomic E-state index is 5.42. The van der Waals surface area contributed by atoms with Gasteiger partial charge >= 0.3 is 0 Å². The van der Waals surface area contributed by atoms with Gasteiger partial charge in [-0.3, -0.25) is 0 Å². The first kappa shape index (κ1) is 9.79. The van der Waals surface area contributed by atoms with E-state index in [1.165, 1.54) is 18.4 Å². The normalized spacial score (nSPS) is 30.6. The van der Waals surface area contributed by atoms with Crippen molar-refractivity contribution in [2.24, 2.45) is 11.8 Å². The van der Waals surface area contributed by atoms with Crippen LogP contribution in [0.15, 0.2) is 11.6 Å². The van der Waals surface area contributed by atoms with Gasteiger partial charge in [0, 0.05) is 7.11 Å². The van der Waals surface area contributed by atoms with Crippen LogP contribution in [-0.4, -0.2) is 13.2 Å². The van der Waals surface area contributed by atoms with Crippen molar-refractivity contribution in [1.29, 1.82) is 0 Å². The zero-order valence-electron chi connectivity index (χ0n) is 8.63. The van der Waals surface area contributed by atoms with Crippen molar-refractivity contribution in [3.8, 4) is 0 Å². The van der Waals surface area contributed by atoms with Crippen molar-refractivity contribution in [1.82, 2.24) is 0 Å². The molecule has 12 heavy (non-hydrogen) atoms. The minimum absolute atomic E-state index is 0.381. The summed E-state index contributed by atoms with van der Waals surface area (Å²) in [5.41, 5.74) is 1.41. The van der Waals surface area contributed by atoms with Gasteiger partial charge in [0.05, 0.1) is 6.10 Å². The van der Waals surface area contributed by atoms with Gasteiger partial charge in [-0.15, -0.1) is 0 Å². The summed E-state index contributed by atoms with van der Waals surface area (Å²) in [6.45, 7) is 6.77. The van der Waals surface area contributed by atoms with E-state index < -0.39 is 0 Å². The lowest BCUT2D eigenvalue weighted by Crippen LogP contribution is -2.24. The van der Waals surface area contributed by atoms with Crippen LogP contribution in [-0.2, 0) is 4.74 Å². The van der Waals surface area contributed by atoms with Crippen molar-refractivity contribution in [2.75, 3.05) is 7.11 Å². The first-order valence-corrected chi connectivity index (χ1v) is 4.84. The van der Waals surface area contributed by atoms with Crippen LogP contribution in [0.3, 0.4) is 0 Å². The molecule has 1 rings (SSSR count). The Morgan fingerprint density at radius 3 is 2.67 bits per heavy atom. The Bertz CT molecular complexity index is 170. The number of methoxy groups -OCH3 is 1. The van der Waals surface area contributed by atoms with Crippen molar-refractivity contribution in [3.63, 3.8) is 0 Å². The fraction of sp³-hybridized carbons (Fsp3) is 0.818. The van der Waals surface area contributed by atoms with Crippen molar-refractivity contribution < 1.29 is 4.74 Å². The average molecular weight is 168 g/mol. The highest BCUT2D eigenvalue weighted by Crippen LogP contribution is 2.30. The molecule has 1 nitrogen and oxygen atoms in total. The van der Waals surface area contributed by atoms with Crippen LogP contribution in [0.2, 0.25) is 0 Å². The molecule has 1 aliphatic rings. The largest absolute Gasteiger partial charge is 0.377 e. The lowest BCUT2D eigenvalue weighted by atomic mass is 9.81. The van der Waals surface area contributed by atoms with E-state index >= 15 is 0 Å². The third kappa shape index (κ3) is 2.10. The van der Waals surface area contributed by atoms with Crippen LogP contribution in [0.4, 0.5) is 0 Å². The summed E-state index contributed by atoms with van der Waals surface area (Å²) >= 11 is 0. The summed E-state index contributed by atoms with van der Waals surface area (Å²) in [6, 6.07) is 0. The summed E-state index contributed by atoms with van der Waals surface area (Å²) in [6.07, 6.45) is 5.16. The fourth-order valence-corrected chi connectivity index (χ4v) is 1.85. The maximum Gasteiger partial charge on any atom is 0.0781 e. The molecule has 0 heterocycles. The Kier molecular flexibility index (Phi) is 3.33. The molecule has 0 fully saturated rings. The molecule has 0 aromatic carbocycles. The highest BCUT2D eigenvalue weighted by molar-refractivity contribution is 5.10. The van der Waals surface area contributed by atoms with E-state index in [1.807, 2.05) is 7.11 Å². The summed E-state index contributed by atoms with van der Waals surface area (Å²) in [7, 11) is 1.81. The molecule has 2 unspecified atom stereocenters. The standard InChI is InChI=1S/C11H20O/c1-8(2)10-6-5-9(3)11(7-10)12-4/h5,8,10-11H,6-7H2,1-4H3. The molecule has 2 atom stereocenters. The lowest BCUT2D eigenvalue weighted by Gasteiger charge is -2.29. The van der Waals surface area contributed by atoms with Gasteiger partial charge in [0.2, 0.25) is 0 Å². The van der Waals surface area contributed by atoms with E-state index in [2.05, 4.69) is 26.8 Å². The number of hydrogen-bond donors (Lipinski definition) is 0. The third-order valence-electron chi connectivity index (χ3n) is 2.99. The maximum absolute atomic E-state index is 5.42. The second kappa shape index (κ2) is 4.08. The molecule has 0 amide bonds. The molecule has 0 saturated heterocycles. The second-order valence-electron chi connectivity index (χ2n) is 4.15. The van der Waals surface area contributed by atoms with E-state index in [1.54, 1.807) is 0 Å². The molecular formula is C11H20O. The molecule has 70 valence electrons. The van der Waals surface area contributed by atoms with Gasteiger partial charge in [0.15, 0.2) is 0 Å². The summed E-state index contributed by atoms with van der Waals surface area (Å²) in [4.78, 5) is 0. The molecule has 0 bridgehead atoms. The van der Waals surface area contributed by atoms with E-state index in [4.69, 9.17) is 4.74 Å². The van der Waals surface area contributed by atoms with E-state index in [0.717, 1.165) is 11.8 Å². The van der Waals surface area contributed by atoms with Crippen LogP contribution in [0.1, 0.15) is 33.6 Å². The topological polar surface area (TPSA) is 9.23 Å². The molecule has 0 radical (unpaired) electrons. The molecule has 0 aromatic rings. The molecule has 1 heteroatoms. The van der Waals surface area contributed by atoms with Gasteiger partial charge in [-0.1, -0.05) is 19.9 Å². The quantitative estimate of drug-likeness (QED) is 0.576. The highest BCUT2D eigenvalue weighted by atomic mass is 16.5. The van der Waals surface area contributed by atoms with Gasteiger partial charge in [0.25, 0.3) is 0 Å². The Labute approximate surface area is 75.8 Å². The van der Waals surface area contributed by atoms with E-state index in [-0.39, 0.29) is 0 Å². The first-order chi connectivity index (χ1) is 5.65. The molecule has 0 saturated carbocycles. The zero-order chi connectivity index (χ0) is 9.14. The van der Waals surface area contributed by atoms with Crippen molar-refractivity contribution in [3.05, 3.63) is 11.6 Å². The first-order valence-electron chi connectivity index (χ1n) is 4.84. The highest BCUT2D eigenvalue weighted by Gasteiger charge is 2.23. The monoisotopic (exact) mass is 168 g/mol.